The Balaban J connectivity index is 2.43. The zero-order chi connectivity index (χ0) is 12.5. The van der Waals surface area contributed by atoms with E-state index < -0.39 is 4.05 Å². The van der Waals surface area contributed by atoms with Crippen molar-refractivity contribution in [1.82, 2.24) is 9.55 Å². The molecule has 0 bridgehead atoms. The van der Waals surface area contributed by atoms with Crippen molar-refractivity contribution in [3.8, 4) is 17.0 Å². The lowest BCUT2D eigenvalue weighted by Gasteiger charge is -2.13. The first-order chi connectivity index (χ1) is 8.02. The van der Waals surface area contributed by atoms with Gasteiger partial charge in [-0.2, -0.15) is 8.78 Å². The van der Waals surface area contributed by atoms with Crippen molar-refractivity contribution in [2.75, 3.05) is 7.11 Å². The van der Waals surface area contributed by atoms with Crippen molar-refractivity contribution in [2.24, 2.45) is 0 Å². The second kappa shape index (κ2) is 4.59. The van der Waals surface area contributed by atoms with Gasteiger partial charge in [-0.1, -0.05) is 0 Å². The molecule has 0 unspecified atom stereocenters. The molecule has 0 aliphatic heterocycles. The SMILES string of the molecule is COc1ccc(-c2cncn2C(F)(F)I)cc1. The van der Waals surface area contributed by atoms with Crippen LogP contribution in [0.3, 0.4) is 0 Å². The minimum atomic E-state index is -3.00. The molecule has 6 heteroatoms. The molecule has 2 aromatic rings. The van der Waals surface area contributed by atoms with E-state index >= 15 is 0 Å². The zero-order valence-corrected chi connectivity index (χ0v) is 11.1. The van der Waals surface area contributed by atoms with E-state index in [1.165, 1.54) is 6.20 Å². The number of imidazole rings is 1. The maximum atomic E-state index is 13.3. The molecule has 0 aliphatic rings. The molecule has 1 aromatic carbocycles. The monoisotopic (exact) mass is 350 g/mol. The normalized spacial score (nSPS) is 11.5. The molecule has 0 radical (unpaired) electrons. The number of aromatic nitrogens is 2. The summed E-state index contributed by atoms with van der Waals surface area (Å²) < 4.78 is 29.4. The average Bonchev–Trinajstić information content (AvgIpc) is 2.78. The number of hydrogen-bond donors (Lipinski definition) is 0. The van der Waals surface area contributed by atoms with Crippen LogP contribution in [0.1, 0.15) is 0 Å². The Morgan fingerprint density at radius 3 is 2.47 bits per heavy atom. The number of nitrogens with zero attached hydrogens (tertiary/aromatic N) is 2. The van der Waals surface area contributed by atoms with Gasteiger partial charge in [0.15, 0.2) is 0 Å². The van der Waals surface area contributed by atoms with E-state index in [0.29, 0.717) is 17.0 Å². The predicted molar refractivity (Wildman–Crippen MR) is 68.4 cm³/mol. The Labute approximate surface area is 111 Å². The van der Waals surface area contributed by atoms with Crippen LogP contribution in [-0.4, -0.2) is 16.7 Å². The highest BCUT2D eigenvalue weighted by Crippen LogP contribution is 2.34. The fourth-order valence-electron chi connectivity index (χ4n) is 1.47. The van der Waals surface area contributed by atoms with E-state index in [0.717, 1.165) is 33.5 Å². The van der Waals surface area contributed by atoms with E-state index in [1.807, 2.05) is 0 Å². The van der Waals surface area contributed by atoms with Crippen LogP contribution in [0.25, 0.3) is 11.3 Å². The first-order valence-corrected chi connectivity index (χ1v) is 5.84. The Hall–Kier alpha value is -1.18. The van der Waals surface area contributed by atoms with Gasteiger partial charge in [-0.25, -0.2) is 4.98 Å². The lowest BCUT2D eigenvalue weighted by molar-refractivity contribution is 0.0477. The van der Waals surface area contributed by atoms with E-state index in [9.17, 15) is 8.78 Å². The third kappa shape index (κ3) is 2.56. The largest absolute Gasteiger partial charge is 0.497 e. The van der Waals surface area contributed by atoms with Crippen LogP contribution in [0.15, 0.2) is 36.8 Å². The van der Waals surface area contributed by atoms with E-state index in [2.05, 4.69) is 4.98 Å². The maximum Gasteiger partial charge on any atom is 0.381 e. The van der Waals surface area contributed by atoms with E-state index in [-0.39, 0.29) is 0 Å². The fourth-order valence-corrected chi connectivity index (χ4v) is 1.86. The fraction of sp³-hybridized carbons (Fsp3) is 0.182. The van der Waals surface area contributed by atoms with Crippen molar-refractivity contribution >= 4 is 22.6 Å². The summed E-state index contributed by atoms with van der Waals surface area (Å²) in [5, 5.41) is 0. The van der Waals surface area contributed by atoms with Crippen LogP contribution in [0.4, 0.5) is 8.78 Å². The number of methoxy groups -OCH3 is 1. The average molecular weight is 350 g/mol. The van der Waals surface area contributed by atoms with Crippen molar-refractivity contribution in [3.63, 3.8) is 0 Å². The molecular weight excluding hydrogens is 341 g/mol. The second-order valence-electron chi connectivity index (χ2n) is 3.35. The van der Waals surface area contributed by atoms with Crippen LogP contribution in [0, 0.1) is 0 Å². The quantitative estimate of drug-likeness (QED) is 0.626. The predicted octanol–water partition coefficient (Wildman–Crippen LogP) is 3.50. The zero-order valence-electron chi connectivity index (χ0n) is 8.90. The molecule has 1 heterocycles. The molecule has 0 saturated carbocycles. The third-order valence-electron chi connectivity index (χ3n) is 2.30. The number of rotatable bonds is 3. The Bertz CT molecular complexity index is 505. The molecule has 90 valence electrons. The minimum Gasteiger partial charge on any atom is -0.497 e. The van der Waals surface area contributed by atoms with Crippen LogP contribution in [-0.2, 0) is 4.05 Å². The molecule has 0 fully saturated rings. The van der Waals surface area contributed by atoms with Gasteiger partial charge in [0.1, 0.15) is 12.1 Å². The molecule has 0 amide bonds. The first-order valence-electron chi connectivity index (χ1n) is 4.76. The number of halogens is 3. The Morgan fingerprint density at radius 2 is 1.94 bits per heavy atom. The molecule has 1 aromatic heterocycles. The number of hydrogen-bond acceptors (Lipinski definition) is 2. The Kier molecular flexibility index (Phi) is 3.32. The number of alkyl halides is 3. The van der Waals surface area contributed by atoms with E-state index in [4.69, 9.17) is 4.74 Å². The van der Waals surface area contributed by atoms with Crippen LogP contribution < -0.4 is 4.74 Å². The summed E-state index contributed by atoms with van der Waals surface area (Å²) in [6.45, 7) is 0. The summed E-state index contributed by atoms with van der Waals surface area (Å²) in [6, 6.07) is 6.87. The van der Waals surface area contributed by atoms with Gasteiger partial charge in [-0.05, 0) is 24.3 Å². The van der Waals surface area contributed by atoms with Crippen LogP contribution >= 0.6 is 22.6 Å². The molecule has 0 saturated heterocycles. The lowest BCUT2D eigenvalue weighted by atomic mass is 10.1. The van der Waals surface area contributed by atoms with Crippen molar-refractivity contribution < 1.29 is 13.5 Å². The van der Waals surface area contributed by atoms with Gasteiger partial charge in [0.05, 0.1) is 19.0 Å². The molecule has 3 nitrogen and oxygen atoms in total. The van der Waals surface area contributed by atoms with Crippen molar-refractivity contribution in [1.29, 1.82) is 0 Å². The number of ether oxygens (including phenoxy) is 1. The smallest absolute Gasteiger partial charge is 0.381 e. The lowest BCUT2D eigenvalue weighted by Crippen LogP contribution is -2.14. The summed E-state index contributed by atoms with van der Waals surface area (Å²) in [6.07, 6.45) is 2.53. The molecule has 0 N–H and O–H groups in total. The maximum absolute atomic E-state index is 13.3. The Morgan fingerprint density at radius 1 is 1.29 bits per heavy atom. The first kappa shape index (κ1) is 12.3. The summed E-state index contributed by atoms with van der Waals surface area (Å²) in [5.41, 5.74) is 1.03. The third-order valence-corrected chi connectivity index (χ3v) is 2.82. The molecular formula is C11H9F2IN2O. The number of benzene rings is 1. The summed E-state index contributed by atoms with van der Waals surface area (Å²) in [4.78, 5) is 3.75. The topological polar surface area (TPSA) is 27.1 Å². The highest BCUT2D eigenvalue weighted by Gasteiger charge is 2.28. The van der Waals surface area contributed by atoms with Gasteiger partial charge < -0.3 is 4.74 Å². The van der Waals surface area contributed by atoms with Crippen LogP contribution in [0.2, 0.25) is 0 Å². The van der Waals surface area contributed by atoms with Gasteiger partial charge in [0.2, 0.25) is 0 Å². The van der Waals surface area contributed by atoms with E-state index in [1.54, 1.807) is 31.4 Å². The van der Waals surface area contributed by atoms with Crippen LogP contribution in [0.5, 0.6) is 5.75 Å². The standard InChI is InChI=1S/C11H9F2IN2O/c1-17-9-4-2-8(3-5-9)10-6-15-7-16(10)11(12,13)14/h2-7H,1H3. The van der Waals surface area contributed by atoms with Gasteiger partial charge in [-0.15, -0.1) is 0 Å². The summed E-state index contributed by atoms with van der Waals surface area (Å²) >= 11 is 1.07. The van der Waals surface area contributed by atoms with Gasteiger partial charge in [0, 0.05) is 28.2 Å². The summed E-state index contributed by atoms with van der Waals surface area (Å²) in [7, 11) is 1.55. The molecule has 17 heavy (non-hydrogen) atoms. The highest BCUT2D eigenvalue weighted by molar-refractivity contribution is 14.1. The molecule has 0 aliphatic carbocycles. The summed E-state index contributed by atoms with van der Waals surface area (Å²) in [5.74, 6) is 0.682. The van der Waals surface area contributed by atoms with Crippen molar-refractivity contribution in [2.45, 2.75) is 4.05 Å². The van der Waals surface area contributed by atoms with Gasteiger partial charge in [0.25, 0.3) is 0 Å². The van der Waals surface area contributed by atoms with Gasteiger partial charge in [-0.3, -0.25) is 4.57 Å². The van der Waals surface area contributed by atoms with Crippen molar-refractivity contribution in [3.05, 3.63) is 36.8 Å². The molecule has 0 atom stereocenters. The van der Waals surface area contributed by atoms with Gasteiger partial charge >= 0.3 is 4.05 Å². The highest BCUT2D eigenvalue weighted by atomic mass is 127. The second-order valence-corrected chi connectivity index (χ2v) is 4.64. The molecule has 2 rings (SSSR count). The minimum absolute atomic E-state index is 0.368. The molecule has 0 spiro atoms.